The van der Waals surface area contributed by atoms with Crippen LogP contribution < -0.4 is 5.32 Å². The fourth-order valence-corrected chi connectivity index (χ4v) is 2.31. The number of nitro benzene ring substituents is 1. The summed E-state index contributed by atoms with van der Waals surface area (Å²) >= 11 is 0. The quantitative estimate of drug-likeness (QED) is 0.481. The molecule has 0 aliphatic carbocycles. The Morgan fingerprint density at radius 1 is 1.05 bits per heavy atom. The van der Waals surface area contributed by atoms with Crippen molar-refractivity contribution in [2.75, 3.05) is 6.54 Å². The van der Waals surface area contributed by atoms with Crippen molar-refractivity contribution in [2.24, 2.45) is 0 Å². The molecule has 0 bridgehead atoms. The van der Waals surface area contributed by atoms with E-state index in [1.807, 2.05) is 12.1 Å². The highest BCUT2D eigenvalue weighted by Crippen LogP contribution is 2.12. The molecule has 2 aromatic carbocycles. The SMILES string of the molecule is CCc1ccccc1CNCCc1ccc([N+](=O)[O-])cc1. The molecule has 0 spiro atoms. The van der Waals surface area contributed by atoms with Crippen LogP contribution in [0.15, 0.2) is 48.5 Å². The van der Waals surface area contributed by atoms with E-state index in [2.05, 4.69) is 36.5 Å². The molecule has 0 unspecified atom stereocenters. The molecule has 0 saturated heterocycles. The van der Waals surface area contributed by atoms with E-state index >= 15 is 0 Å². The number of nitro groups is 1. The zero-order valence-electron chi connectivity index (χ0n) is 12.2. The maximum atomic E-state index is 10.6. The van der Waals surface area contributed by atoms with Gasteiger partial charge in [-0.25, -0.2) is 0 Å². The third kappa shape index (κ3) is 4.39. The van der Waals surface area contributed by atoms with Gasteiger partial charge in [0, 0.05) is 18.7 Å². The number of nitrogens with zero attached hydrogens (tertiary/aromatic N) is 1. The fourth-order valence-electron chi connectivity index (χ4n) is 2.31. The molecule has 110 valence electrons. The second kappa shape index (κ2) is 7.55. The fraction of sp³-hybridized carbons (Fsp3) is 0.294. The first-order chi connectivity index (χ1) is 10.2. The lowest BCUT2D eigenvalue weighted by Gasteiger charge is -2.09. The van der Waals surface area contributed by atoms with Crippen molar-refractivity contribution in [3.05, 3.63) is 75.3 Å². The summed E-state index contributed by atoms with van der Waals surface area (Å²) in [5.41, 5.74) is 3.96. The van der Waals surface area contributed by atoms with Crippen LogP contribution in [-0.4, -0.2) is 11.5 Å². The van der Waals surface area contributed by atoms with Crippen LogP contribution in [0.1, 0.15) is 23.6 Å². The van der Waals surface area contributed by atoms with Gasteiger partial charge < -0.3 is 5.32 Å². The molecule has 4 nitrogen and oxygen atoms in total. The molecule has 0 atom stereocenters. The normalized spacial score (nSPS) is 10.5. The van der Waals surface area contributed by atoms with Crippen LogP contribution in [0.3, 0.4) is 0 Å². The van der Waals surface area contributed by atoms with Gasteiger partial charge in [-0.3, -0.25) is 10.1 Å². The largest absolute Gasteiger partial charge is 0.312 e. The van der Waals surface area contributed by atoms with Gasteiger partial charge in [-0.05, 0) is 36.1 Å². The van der Waals surface area contributed by atoms with Gasteiger partial charge in [0.25, 0.3) is 5.69 Å². The number of nitrogens with one attached hydrogen (secondary N) is 1. The minimum Gasteiger partial charge on any atom is -0.312 e. The average Bonchev–Trinajstić information content (AvgIpc) is 2.52. The first-order valence-corrected chi connectivity index (χ1v) is 7.21. The van der Waals surface area contributed by atoms with E-state index in [-0.39, 0.29) is 10.6 Å². The Morgan fingerprint density at radius 2 is 1.71 bits per heavy atom. The van der Waals surface area contributed by atoms with Crippen molar-refractivity contribution in [3.8, 4) is 0 Å². The van der Waals surface area contributed by atoms with Crippen molar-refractivity contribution < 1.29 is 4.92 Å². The van der Waals surface area contributed by atoms with Crippen LogP contribution in [0.2, 0.25) is 0 Å². The van der Waals surface area contributed by atoms with Crippen LogP contribution >= 0.6 is 0 Å². The second-order valence-electron chi connectivity index (χ2n) is 4.97. The van der Waals surface area contributed by atoms with Crippen LogP contribution in [0.5, 0.6) is 0 Å². The molecule has 0 saturated carbocycles. The minimum absolute atomic E-state index is 0.142. The van der Waals surface area contributed by atoms with Gasteiger partial charge in [-0.15, -0.1) is 0 Å². The van der Waals surface area contributed by atoms with Crippen LogP contribution in [0.4, 0.5) is 5.69 Å². The summed E-state index contributed by atoms with van der Waals surface area (Å²) in [5, 5.41) is 14.0. The molecule has 0 fully saturated rings. The molecular weight excluding hydrogens is 264 g/mol. The predicted octanol–water partition coefficient (Wildman–Crippen LogP) is 3.49. The standard InChI is InChI=1S/C17H20N2O2/c1-2-15-5-3-4-6-16(15)13-18-12-11-14-7-9-17(10-8-14)19(20)21/h3-10,18H,2,11-13H2,1H3. The third-order valence-corrected chi connectivity index (χ3v) is 3.55. The summed E-state index contributed by atoms with van der Waals surface area (Å²) in [6.45, 7) is 3.88. The predicted molar refractivity (Wildman–Crippen MR) is 84.3 cm³/mol. The number of hydrogen-bond donors (Lipinski definition) is 1. The van der Waals surface area contributed by atoms with Crippen molar-refractivity contribution in [1.29, 1.82) is 0 Å². The van der Waals surface area contributed by atoms with Crippen LogP contribution in [0.25, 0.3) is 0 Å². The van der Waals surface area contributed by atoms with E-state index in [1.54, 1.807) is 12.1 Å². The Morgan fingerprint density at radius 3 is 2.33 bits per heavy atom. The Bertz CT molecular complexity index is 594. The van der Waals surface area contributed by atoms with Crippen LogP contribution in [0, 0.1) is 10.1 Å². The molecule has 0 heterocycles. The third-order valence-electron chi connectivity index (χ3n) is 3.55. The lowest BCUT2D eigenvalue weighted by atomic mass is 10.1. The maximum absolute atomic E-state index is 10.6. The molecule has 1 N–H and O–H groups in total. The van der Waals surface area contributed by atoms with E-state index in [9.17, 15) is 10.1 Å². The highest BCUT2D eigenvalue weighted by atomic mass is 16.6. The average molecular weight is 284 g/mol. The minimum atomic E-state index is -0.371. The summed E-state index contributed by atoms with van der Waals surface area (Å²) in [6.07, 6.45) is 1.91. The Balaban J connectivity index is 1.80. The molecule has 2 rings (SSSR count). The monoisotopic (exact) mass is 284 g/mol. The molecule has 0 aromatic heterocycles. The van der Waals surface area contributed by atoms with Gasteiger partial charge in [0.2, 0.25) is 0 Å². The lowest BCUT2D eigenvalue weighted by molar-refractivity contribution is -0.384. The van der Waals surface area contributed by atoms with Crippen molar-refractivity contribution in [2.45, 2.75) is 26.3 Å². The smallest absolute Gasteiger partial charge is 0.269 e. The summed E-state index contributed by atoms with van der Waals surface area (Å²) < 4.78 is 0. The van der Waals surface area contributed by atoms with Gasteiger partial charge in [0.1, 0.15) is 0 Å². The molecule has 21 heavy (non-hydrogen) atoms. The second-order valence-corrected chi connectivity index (χ2v) is 4.97. The first-order valence-electron chi connectivity index (χ1n) is 7.21. The van der Waals surface area contributed by atoms with E-state index in [0.717, 1.165) is 31.5 Å². The van der Waals surface area contributed by atoms with E-state index in [1.165, 1.54) is 11.1 Å². The van der Waals surface area contributed by atoms with Crippen molar-refractivity contribution in [1.82, 2.24) is 5.32 Å². The Labute approximate surface area is 125 Å². The zero-order chi connectivity index (χ0) is 15.1. The number of rotatable bonds is 7. The molecule has 0 aliphatic rings. The van der Waals surface area contributed by atoms with Gasteiger partial charge in [-0.1, -0.05) is 43.3 Å². The number of aryl methyl sites for hydroxylation is 1. The molecule has 4 heteroatoms. The Kier molecular flexibility index (Phi) is 5.46. The molecule has 0 aliphatic heterocycles. The van der Waals surface area contributed by atoms with Gasteiger partial charge >= 0.3 is 0 Å². The summed E-state index contributed by atoms with van der Waals surface area (Å²) in [4.78, 5) is 10.2. The molecule has 0 radical (unpaired) electrons. The number of non-ortho nitro benzene ring substituents is 1. The molecular formula is C17H20N2O2. The summed E-state index contributed by atoms with van der Waals surface area (Å²) in [5.74, 6) is 0. The number of benzene rings is 2. The van der Waals surface area contributed by atoms with Gasteiger partial charge in [0.15, 0.2) is 0 Å². The van der Waals surface area contributed by atoms with Gasteiger partial charge in [-0.2, -0.15) is 0 Å². The first kappa shape index (κ1) is 15.2. The highest BCUT2D eigenvalue weighted by Gasteiger charge is 2.04. The van der Waals surface area contributed by atoms with Gasteiger partial charge in [0.05, 0.1) is 4.92 Å². The maximum Gasteiger partial charge on any atom is 0.269 e. The molecule has 0 amide bonds. The van der Waals surface area contributed by atoms with Crippen molar-refractivity contribution >= 4 is 5.69 Å². The summed E-state index contributed by atoms with van der Waals surface area (Å²) in [6, 6.07) is 15.2. The van der Waals surface area contributed by atoms with E-state index in [4.69, 9.17) is 0 Å². The topological polar surface area (TPSA) is 55.2 Å². The highest BCUT2D eigenvalue weighted by molar-refractivity contribution is 5.33. The zero-order valence-corrected chi connectivity index (χ0v) is 12.2. The molecule has 2 aromatic rings. The number of hydrogen-bond acceptors (Lipinski definition) is 3. The van der Waals surface area contributed by atoms with Crippen molar-refractivity contribution in [3.63, 3.8) is 0 Å². The van der Waals surface area contributed by atoms with E-state index in [0.29, 0.717) is 0 Å². The van der Waals surface area contributed by atoms with Crippen LogP contribution in [-0.2, 0) is 19.4 Å². The summed E-state index contributed by atoms with van der Waals surface area (Å²) in [7, 11) is 0. The lowest BCUT2D eigenvalue weighted by Crippen LogP contribution is -2.17. The van der Waals surface area contributed by atoms with E-state index < -0.39 is 0 Å². The Hall–Kier alpha value is -2.20.